The van der Waals surface area contributed by atoms with Gasteiger partial charge in [-0.05, 0) is 32.2 Å². The Hall–Kier alpha value is -0.823. The van der Waals surface area contributed by atoms with Gasteiger partial charge in [-0.25, -0.2) is 0 Å². The number of rotatable bonds is 9. The van der Waals surface area contributed by atoms with E-state index >= 15 is 0 Å². The molecule has 23 heavy (non-hydrogen) atoms. The second-order valence-electron chi connectivity index (χ2n) is 8.03. The lowest BCUT2D eigenvalue weighted by Crippen LogP contribution is -2.55. The highest BCUT2D eigenvalue weighted by molar-refractivity contribution is 6.74. The van der Waals surface area contributed by atoms with Gasteiger partial charge in [-0.15, -0.1) is 12.8 Å². The summed E-state index contributed by atoms with van der Waals surface area (Å²) in [5, 5.41) is 11.2. The molecule has 5 heteroatoms. The molecule has 1 N–H and O–H groups in total. The lowest BCUT2D eigenvalue weighted by atomic mass is 10.0. The van der Waals surface area contributed by atoms with Crippen LogP contribution in [-0.4, -0.2) is 75.7 Å². The molecule has 0 saturated carbocycles. The van der Waals surface area contributed by atoms with E-state index in [1.165, 1.54) is 0 Å². The molecule has 132 valence electrons. The van der Waals surface area contributed by atoms with Crippen LogP contribution in [0.5, 0.6) is 0 Å². The van der Waals surface area contributed by atoms with Gasteiger partial charge in [0.05, 0.1) is 19.7 Å². The Bertz CT molecular complexity index is 419. The van der Waals surface area contributed by atoms with Crippen molar-refractivity contribution in [1.29, 1.82) is 0 Å². The van der Waals surface area contributed by atoms with E-state index in [0.717, 1.165) is 0 Å². The molecule has 0 aromatic carbocycles. The Labute approximate surface area is 144 Å². The van der Waals surface area contributed by atoms with Gasteiger partial charge in [0, 0.05) is 13.1 Å². The maximum absolute atomic E-state index is 11.1. The molecule has 0 bridgehead atoms. The van der Waals surface area contributed by atoms with Crippen molar-refractivity contribution in [3.05, 3.63) is 0 Å². The first-order valence-corrected chi connectivity index (χ1v) is 10.9. The molecule has 4 nitrogen and oxygen atoms in total. The summed E-state index contributed by atoms with van der Waals surface area (Å²) >= 11 is 0. The van der Waals surface area contributed by atoms with E-state index in [0.29, 0.717) is 26.2 Å². The van der Waals surface area contributed by atoms with E-state index in [9.17, 15) is 5.11 Å². The first kappa shape index (κ1) is 22.2. The summed E-state index contributed by atoms with van der Waals surface area (Å²) in [5.74, 6) is 5.20. The quantitative estimate of drug-likeness (QED) is 0.514. The summed E-state index contributed by atoms with van der Waals surface area (Å²) in [6.45, 7) is 13.1. The van der Waals surface area contributed by atoms with Gasteiger partial charge >= 0.3 is 0 Å². The number of aliphatic hydroxyl groups is 1. The third-order valence-corrected chi connectivity index (χ3v) is 8.84. The highest BCUT2D eigenvalue weighted by Gasteiger charge is 2.40. The smallest absolute Gasteiger partial charge is 0.192 e. The lowest BCUT2D eigenvalue weighted by Gasteiger charge is -2.41. The predicted molar refractivity (Wildman–Crippen MR) is 101 cm³/mol. The van der Waals surface area contributed by atoms with Crippen molar-refractivity contribution in [3.63, 3.8) is 0 Å². The molecule has 0 aromatic rings. The number of nitrogens with zero attached hydrogens (tertiary/aromatic N) is 2. The van der Waals surface area contributed by atoms with Crippen LogP contribution in [0.3, 0.4) is 0 Å². The molecule has 0 rings (SSSR count). The maximum atomic E-state index is 11.1. The fraction of sp³-hybridized carbons (Fsp3) is 0.778. The van der Waals surface area contributed by atoms with Crippen LogP contribution in [-0.2, 0) is 4.43 Å². The van der Waals surface area contributed by atoms with Gasteiger partial charge in [0.2, 0.25) is 0 Å². The minimum Gasteiger partial charge on any atom is -0.414 e. The third kappa shape index (κ3) is 8.01. The van der Waals surface area contributed by atoms with Crippen molar-refractivity contribution in [2.45, 2.75) is 44.5 Å². The number of likely N-dealkylation sites (N-methyl/N-ethyl adjacent to an activating group) is 2. The van der Waals surface area contributed by atoms with Crippen LogP contribution in [0, 0.1) is 24.7 Å². The number of hydrogen-bond acceptors (Lipinski definition) is 4. The average Bonchev–Trinajstić information content (AvgIpc) is 2.35. The van der Waals surface area contributed by atoms with Crippen molar-refractivity contribution >= 4 is 8.32 Å². The van der Waals surface area contributed by atoms with Crippen molar-refractivity contribution in [2.24, 2.45) is 0 Å². The van der Waals surface area contributed by atoms with Crippen LogP contribution in [0.15, 0.2) is 0 Å². The molecule has 0 radical (unpaired) electrons. The summed E-state index contributed by atoms with van der Waals surface area (Å²) in [7, 11) is 1.87. The largest absolute Gasteiger partial charge is 0.414 e. The average molecular weight is 339 g/mol. The van der Waals surface area contributed by atoms with Crippen molar-refractivity contribution in [1.82, 2.24) is 9.80 Å². The monoisotopic (exact) mass is 338 g/mol. The minimum atomic E-state index is -1.93. The van der Waals surface area contributed by atoms with Gasteiger partial charge in [0.25, 0.3) is 0 Å². The molecule has 0 amide bonds. The van der Waals surface area contributed by atoms with Crippen molar-refractivity contribution in [3.8, 4) is 24.7 Å². The van der Waals surface area contributed by atoms with E-state index in [4.69, 9.17) is 17.3 Å². The fourth-order valence-electron chi connectivity index (χ4n) is 2.10. The molecule has 0 aliphatic rings. The molecular formula is C18H34N2O2Si. The number of terminal acetylenes is 2. The first-order chi connectivity index (χ1) is 10.4. The SMILES string of the molecule is C#CCN(C)CC(O)(CO[Si](C)(C)C(C)(C)C)CN(C)CC#C. The van der Waals surface area contributed by atoms with Crippen LogP contribution in [0.1, 0.15) is 20.8 Å². The van der Waals surface area contributed by atoms with Crippen LogP contribution in [0.25, 0.3) is 0 Å². The normalized spacial score (nSPS) is 13.2. The summed E-state index contributed by atoms with van der Waals surface area (Å²) in [5.41, 5.74) is -1.01. The standard InChI is InChI=1S/C18H34N2O2Si/c1-10-12-19(6)14-18(21,15-20(7)13-11-2)16-22-23(8,9)17(3,4)5/h1-2,21H,12-16H2,3-9H3. The Morgan fingerprint density at radius 1 is 1.00 bits per heavy atom. The van der Waals surface area contributed by atoms with Crippen molar-refractivity contribution in [2.75, 3.05) is 46.9 Å². The second kappa shape index (κ2) is 8.87. The van der Waals surface area contributed by atoms with Gasteiger partial charge in [0.1, 0.15) is 5.60 Å². The molecule has 0 aliphatic heterocycles. The Balaban J connectivity index is 5.05. The Morgan fingerprint density at radius 2 is 1.39 bits per heavy atom. The van der Waals surface area contributed by atoms with Crippen LogP contribution in [0.2, 0.25) is 18.1 Å². The maximum Gasteiger partial charge on any atom is 0.192 e. The van der Waals surface area contributed by atoms with E-state index in [1.54, 1.807) is 0 Å². The molecule has 0 saturated heterocycles. The first-order valence-electron chi connectivity index (χ1n) is 7.97. The minimum absolute atomic E-state index is 0.101. The van der Waals surface area contributed by atoms with Gasteiger partial charge in [-0.3, -0.25) is 9.80 Å². The Kier molecular flexibility index (Phi) is 8.55. The summed E-state index contributed by atoms with van der Waals surface area (Å²) in [6, 6.07) is 0. The molecule has 0 unspecified atom stereocenters. The molecule has 0 aromatic heterocycles. The van der Waals surface area contributed by atoms with Gasteiger partial charge in [-0.1, -0.05) is 32.6 Å². The molecule has 0 spiro atoms. The summed E-state index contributed by atoms with van der Waals surface area (Å²) in [4.78, 5) is 3.86. The summed E-state index contributed by atoms with van der Waals surface area (Å²) in [6.07, 6.45) is 10.7. The highest BCUT2D eigenvalue weighted by atomic mass is 28.4. The van der Waals surface area contributed by atoms with E-state index in [-0.39, 0.29) is 11.6 Å². The fourth-order valence-corrected chi connectivity index (χ4v) is 3.16. The molecule has 0 heterocycles. The van der Waals surface area contributed by atoms with Gasteiger partial charge in [-0.2, -0.15) is 0 Å². The zero-order valence-corrected chi connectivity index (χ0v) is 16.9. The van der Waals surface area contributed by atoms with E-state index in [1.807, 2.05) is 23.9 Å². The second-order valence-corrected chi connectivity index (χ2v) is 12.8. The van der Waals surface area contributed by atoms with Crippen LogP contribution in [0.4, 0.5) is 0 Å². The summed E-state index contributed by atoms with van der Waals surface area (Å²) < 4.78 is 6.25. The van der Waals surface area contributed by atoms with E-state index < -0.39 is 13.9 Å². The predicted octanol–water partition coefficient (Wildman–Crippen LogP) is 1.87. The topological polar surface area (TPSA) is 35.9 Å². The van der Waals surface area contributed by atoms with Gasteiger partial charge in [0.15, 0.2) is 8.32 Å². The Morgan fingerprint density at radius 3 is 1.70 bits per heavy atom. The number of hydrogen-bond donors (Lipinski definition) is 1. The van der Waals surface area contributed by atoms with Crippen molar-refractivity contribution < 1.29 is 9.53 Å². The lowest BCUT2D eigenvalue weighted by molar-refractivity contribution is -0.0463. The molecule has 0 fully saturated rings. The van der Waals surface area contributed by atoms with Crippen LogP contribution < -0.4 is 0 Å². The highest BCUT2D eigenvalue weighted by Crippen LogP contribution is 2.37. The molecule has 0 aliphatic carbocycles. The van der Waals surface area contributed by atoms with Gasteiger partial charge < -0.3 is 9.53 Å². The zero-order chi connectivity index (χ0) is 18.3. The third-order valence-electron chi connectivity index (χ3n) is 4.36. The zero-order valence-electron chi connectivity index (χ0n) is 15.9. The molecule has 0 atom stereocenters. The molecular weight excluding hydrogens is 304 g/mol. The van der Waals surface area contributed by atoms with E-state index in [2.05, 4.69) is 45.7 Å². The van der Waals surface area contributed by atoms with Crippen LogP contribution >= 0.6 is 0 Å².